The number of hydrogen-bond donors (Lipinski definition) is 2. The number of aromatic nitrogens is 1. The van der Waals surface area contributed by atoms with Gasteiger partial charge in [0, 0.05) is 18.8 Å². The Kier molecular flexibility index (Phi) is 1.42. The third-order valence-electron chi connectivity index (χ3n) is 1.82. The van der Waals surface area contributed by atoms with Crippen molar-refractivity contribution >= 4 is 11.4 Å². The van der Waals surface area contributed by atoms with Crippen LogP contribution in [0.5, 0.6) is 0 Å². The molecule has 1 aliphatic rings. The topological polar surface area (TPSA) is 37.0 Å². The predicted molar refractivity (Wildman–Crippen MR) is 45.8 cm³/mol. The quantitative estimate of drug-likeness (QED) is 0.584. The number of anilines is 2. The molecule has 1 atom stereocenters. The van der Waals surface area contributed by atoms with E-state index in [9.17, 15) is 0 Å². The van der Waals surface area contributed by atoms with Gasteiger partial charge in [-0.3, -0.25) is 4.98 Å². The lowest BCUT2D eigenvalue weighted by atomic mass is 10.2. The first-order valence-electron chi connectivity index (χ1n) is 3.80. The number of nitrogens with one attached hydrogen (secondary N) is 2. The molecule has 1 aliphatic heterocycles. The minimum absolute atomic E-state index is 0.505. The lowest BCUT2D eigenvalue weighted by molar-refractivity contribution is 0.816. The Morgan fingerprint density at radius 3 is 3.36 bits per heavy atom. The SMILES string of the molecule is CC1CNc2cnccc2N1. The van der Waals surface area contributed by atoms with Crippen molar-refractivity contribution in [3.05, 3.63) is 18.5 Å². The number of fused-ring (bicyclic) bond motifs is 1. The molecule has 2 N–H and O–H groups in total. The maximum Gasteiger partial charge on any atom is 0.0763 e. The molecule has 0 aliphatic carbocycles. The van der Waals surface area contributed by atoms with Crippen LogP contribution >= 0.6 is 0 Å². The zero-order chi connectivity index (χ0) is 7.68. The first-order chi connectivity index (χ1) is 5.36. The summed E-state index contributed by atoms with van der Waals surface area (Å²) in [6, 6.07) is 2.49. The summed E-state index contributed by atoms with van der Waals surface area (Å²) in [6.45, 7) is 3.12. The van der Waals surface area contributed by atoms with Crippen molar-refractivity contribution in [3.8, 4) is 0 Å². The summed E-state index contributed by atoms with van der Waals surface area (Å²) < 4.78 is 0. The lowest BCUT2D eigenvalue weighted by Gasteiger charge is -2.24. The van der Waals surface area contributed by atoms with Gasteiger partial charge < -0.3 is 10.6 Å². The van der Waals surface area contributed by atoms with E-state index < -0.39 is 0 Å². The van der Waals surface area contributed by atoms with Crippen LogP contribution in [0.2, 0.25) is 0 Å². The van der Waals surface area contributed by atoms with Crippen molar-refractivity contribution in [1.29, 1.82) is 0 Å². The monoisotopic (exact) mass is 149 g/mol. The second-order valence-corrected chi connectivity index (χ2v) is 2.85. The predicted octanol–water partition coefficient (Wildman–Crippen LogP) is 1.31. The van der Waals surface area contributed by atoms with E-state index in [4.69, 9.17) is 0 Å². The van der Waals surface area contributed by atoms with Crippen LogP contribution in [0, 0.1) is 0 Å². The average molecular weight is 149 g/mol. The highest BCUT2D eigenvalue weighted by molar-refractivity contribution is 5.69. The van der Waals surface area contributed by atoms with E-state index in [1.54, 1.807) is 6.20 Å². The van der Waals surface area contributed by atoms with E-state index in [0.717, 1.165) is 17.9 Å². The third-order valence-corrected chi connectivity index (χ3v) is 1.82. The standard InChI is InChI=1S/C8H11N3/c1-6-4-10-8-5-9-3-2-7(8)11-6/h2-3,5-6,10-11H,4H2,1H3. The number of pyridine rings is 1. The van der Waals surface area contributed by atoms with Gasteiger partial charge in [0.2, 0.25) is 0 Å². The highest BCUT2D eigenvalue weighted by Gasteiger charge is 2.11. The first-order valence-corrected chi connectivity index (χ1v) is 3.80. The molecule has 1 aromatic heterocycles. The molecule has 3 heteroatoms. The summed E-state index contributed by atoms with van der Waals surface area (Å²) in [6.07, 6.45) is 3.64. The van der Waals surface area contributed by atoms with E-state index in [0.29, 0.717) is 6.04 Å². The fourth-order valence-electron chi connectivity index (χ4n) is 1.24. The third kappa shape index (κ3) is 1.13. The molecule has 1 unspecified atom stereocenters. The summed E-state index contributed by atoms with van der Waals surface area (Å²) >= 11 is 0. The molecule has 0 saturated heterocycles. The van der Waals surface area contributed by atoms with Crippen molar-refractivity contribution < 1.29 is 0 Å². The van der Waals surface area contributed by atoms with E-state index in [1.165, 1.54) is 0 Å². The second kappa shape index (κ2) is 2.42. The molecule has 0 radical (unpaired) electrons. The summed E-state index contributed by atoms with van der Waals surface area (Å²) in [5, 5.41) is 6.64. The summed E-state index contributed by atoms with van der Waals surface area (Å²) in [4.78, 5) is 4.02. The molecule has 58 valence electrons. The Balaban J connectivity index is 2.34. The number of rotatable bonds is 0. The highest BCUT2D eigenvalue weighted by Crippen LogP contribution is 2.23. The van der Waals surface area contributed by atoms with Gasteiger partial charge in [-0.25, -0.2) is 0 Å². The van der Waals surface area contributed by atoms with E-state index in [2.05, 4.69) is 22.5 Å². The van der Waals surface area contributed by atoms with E-state index in [-0.39, 0.29) is 0 Å². The zero-order valence-electron chi connectivity index (χ0n) is 6.46. The number of hydrogen-bond acceptors (Lipinski definition) is 3. The fourth-order valence-corrected chi connectivity index (χ4v) is 1.24. The zero-order valence-corrected chi connectivity index (χ0v) is 6.46. The van der Waals surface area contributed by atoms with Gasteiger partial charge in [0.25, 0.3) is 0 Å². The summed E-state index contributed by atoms with van der Waals surface area (Å²) in [5.74, 6) is 0. The van der Waals surface area contributed by atoms with Gasteiger partial charge >= 0.3 is 0 Å². The Bertz CT molecular complexity index is 259. The molecule has 0 fully saturated rings. The maximum absolute atomic E-state index is 4.02. The van der Waals surface area contributed by atoms with Crippen LogP contribution in [-0.4, -0.2) is 17.6 Å². The van der Waals surface area contributed by atoms with Gasteiger partial charge in [-0.05, 0) is 13.0 Å². The lowest BCUT2D eigenvalue weighted by Crippen LogP contribution is -2.29. The van der Waals surface area contributed by atoms with E-state index >= 15 is 0 Å². The number of nitrogens with zero attached hydrogens (tertiary/aromatic N) is 1. The van der Waals surface area contributed by atoms with Crippen LogP contribution in [0.25, 0.3) is 0 Å². The molecule has 0 spiro atoms. The average Bonchev–Trinajstić information content (AvgIpc) is 2.04. The normalized spacial score (nSPS) is 21.4. The Morgan fingerprint density at radius 2 is 2.45 bits per heavy atom. The first kappa shape index (κ1) is 6.46. The van der Waals surface area contributed by atoms with Crippen molar-refractivity contribution in [1.82, 2.24) is 4.98 Å². The summed E-state index contributed by atoms with van der Waals surface area (Å²) in [7, 11) is 0. The molecule has 3 nitrogen and oxygen atoms in total. The van der Waals surface area contributed by atoms with Crippen LogP contribution in [0.3, 0.4) is 0 Å². The molecule has 0 saturated carbocycles. The molecule has 1 aromatic rings. The van der Waals surface area contributed by atoms with Crippen LogP contribution in [0.15, 0.2) is 18.5 Å². The van der Waals surface area contributed by atoms with Crippen LogP contribution < -0.4 is 10.6 Å². The van der Waals surface area contributed by atoms with Gasteiger partial charge in [-0.1, -0.05) is 0 Å². The maximum atomic E-state index is 4.02. The Labute approximate surface area is 65.8 Å². The Hall–Kier alpha value is -1.25. The molecule has 0 aromatic carbocycles. The van der Waals surface area contributed by atoms with Crippen LogP contribution in [-0.2, 0) is 0 Å². The fraction of sp³-hybridized carbons (Fsp3) is 0.375. The highest BCUT2D eigenvalue weighted by atomic mass is 15.1. The summed E-state index contributed by atoms with van der Waals surface area (Å²) in [5.41, 5.74) is 2.25. The molecule has 2 rings (SSSR count). The Morgan fingerprint density at radius 1 is 1.55 bits per heavy atom. The van der Waals surface area contributed by atoms with Gasteiger partial charge in [0.1, 0.15) is 0 Å². The molecule has 2 heterocycles. The van der Waals surface area contributed by atoms with Gasteiger partial charge in [-0.2, -0.15) is 0 Å². The van der Waals surface area contributed by atoms with Crippen molar-refractivity contribution in [2.24, 2.45) is 0 Å². The van der Waals surface area contributed by atoms with Crippen molar-refractivity contribution in [2.45, 2.75) is 13.0 Å². The van der Waals surface area contributed by atoms with Gasteiger partial charge in [-0.15, -0.1) is 0 Å². The van der Waals surface area contributed by atoms with Crippen LogP contribution in [0.4, 0.5) is 11.4 Å². The van der Waals surface area contributed by atoms with Crippen LogP contribution in [0.1, 0.15) is 6.92 Å². The molecular formula is C8H11N3. The van der Waals surface area contributed by atoms with Gasteiger partial charge in [0.15, 0.2) is 0 Å². The minimum Gasteiger partial charge on any atom is -0.380 e. The minimum atomic E-state index is 0.505. The largest absolute Gasteiger partial charge is 0.380 e. The van der Waals surface area contributed by atoms with Crippen molar-refractivity contribution in [3.63, 3.8) is 0 Å². The van der Waals surface area contributed by atoms with Gasteiger partial charge in [0.05, 0.1) is 17.6 Å². The molecule has 11 heavy (non-hydrogen) atoms. The molecular weight excluding hydrogens is 138 g/mol. The van der Waals surface area contributed by atoms with E-state index in [1.807, 2.05) is 12.3 Å². The smallest absolute Gasteiger partial charge is 0.0763 e. The molecule has 0 amide bonds. The second-order valence-electron chi connectivity index (χ2n) is 2.85. The molecule has 0 bridgehead atoms. The van der Waals surface area contributed by atoms with Crippen molar-refractivity contribution in [2.75, 3.05) is 17.2 Å².